The molecule has 0 fully saturated rings. The van der Waals surface area contributed by atoms with Gasteiger partial charge in [-0.15, -0.1) is 0 Å². The van der Waals surface area contributed by atoms with Gasteiger partial charge in [-0.25, -0.2) is 13.5 Å². The molecule has 0 aromatic heterocycles. The van der Waals surface area contributed by atoms with Crippen molar-refractivity contribution in [3.63, 3.8) is 0 Å². The summed E-state index contributed by atoms with van der Waals surface area (Å²) in [5.74, 6) is -0.153. The molecule has 1 rings (SSSR count). The Morgan fingerprint density at radius 3 is 2.26 bits per heavy atom. The van der Waals surface area contributed by atoms with Gasteiger partial charge in [-0.1, -0.05) is 6.42 Å². The fourth-order valence-corrected chi connectivity index (χ4v) is 3.01. The van der Waals surface area contributed by atoms with Crippen molar-refractivity contribution in [3.8, 4) is 0 Å². The van der Waals surface area contributed by atoms with Gasteiger partial charge in [-0.3, -0.25) is 4.79 Å². The van der Waals surface area contributed by atoms with E-state index in [1.807, 2.05) is 0 Å². The van der Waals surface area contributed by atoms with Crippen LogP contribution in [0.4, 0.5) is 5.69 Å². The monoisotopic (exact) mass is 284 g/mol. The molecule has 0 aliphatic heterocycles. The number of amides is 1. The summed E-state index contributed by atoms with van der Waals surface area (Å²) in [4.78, 5) is 11.1. The zero-order chi connectivity index (χ0) is 14.3. The summed E-state index contributed by atoms with van der Waals surface area (Å²) in [7, 11) is -3.30. The first-order chi connectivity index (χ1) is 8.95. The number of hydrogen-bond donors (Lipinski definition) is 1. The van der Waals surface area contributed by atoms with Crippen LogP contribution in [0.2, 0.25) is 0 Å². The van der Waals surface area contributed by atoms with Crippen molar-refractivity contribution in [3.05, 3.63) is 24.3 Å². The Labute approximate surface area is 113 Å². The number of carbonyl (C=O) groups excluding carboxylic acids is 1. The molecule has 0 aliphatic carbocycles. The van der Waals surface area contributed by atoms with Gasteiger partial charge in [-0.2, -0.15) is 0 Å². The molecule has 0 atom stereocenters. The van der Waals surface area contributed by atoms with Gasteiger partial charge in [0.15, 0.2) is 9.84 Å². The quantitative estimate of drug-likeness (QED) is 0.777. The lowest BCUT2D eigenvalue weighted by Gasteiger charge is -2.06. The Bertz CT molecular complexity index is 508. The molecule has 6 heteroatoms. The van der Waals surface area contributed by atoms with Gasteiger partial charge >= 0.3 is 0 Å². The molecule has 0 heterocycles. The standard InChI is InChI=1S/C13H18NO4S/c1-11(16)14-12-5-7-13(8-6-12)19(17,18)10-4-2-3-9-15/h5-8H,2-4,9-10H2,1H3,(H,14,16). The normalized spacial score (nSPS) is 11.3. The molecular formula is C13H18NO4S. The van der Waals surface area contributed by atoms with Gasteiger partial charge in [0.2, 0.25) is 5.91 Å². The lowest BCUT2D eigenvalue weighted by Crippen LogP contribution is -2.08. The predicted octanol–water partition coefficient (Wildman–Crippen LogP) is 2.02. The maximum Gasteiger partial charge on any atom is 0.221 e. The third-order valence-corrected chi connectivity index (χ3v) is 4.41. The predicted molar refractivity (Wildman–Crippen MR) is 72.2 cm³/mol. The molecule has 0 unspecified atom stereocenters. The summed E-state index contributed by atoms with van der Waals surface area (Å²) >= 11 is 0. The molecule has 1 aromatic carbocycles. The number of benzene rings is 1. The Hall–Kier alpha value is -1.40. The highest BCUT2D eigenvalue weighted by atomic mass is 32.2. The summed E-state index contributed by atoms with van der Waals surface area (Å²) in [6.45, 7) is 1.23. The smallest absolute Gasteiger partial charge is 0.221 e. The average molecular weight is 284 g/mol. The highest BCUT2D eigenvalue weighted by Crippen LogP contribution is 2.16. The van der Waals surface area contributed by atoms with E-state index in [0.717, 1.165) is 0 Å². The van der Waals surface area contributed by atoms with Crippen molar-refractivity contribution in [1.82, 2.24) is 0 Å². The molecular weight excluding hydrogens is 266 g/mol. The van der Waals surface area contributed by atoms with Crippen molar-refractivity contribution in [2.45, 2.75) is 31.1 Å². The summed E-state index contributed by atoms with van der Waals surface area (Å²) in [6.07, 6.45) is 1.64. The van der Waals surface area contributed by atoms with Crippen LogP contribution in [0.1, 0.15) is 26.2 Å². The van der Waals surface area contributed by atoms with E-state index in [4.69, 9.17) is 0 Å². The van der Waals surface area contributed by atoms with E-state index in [1.165, 1.54) is 19.1 Å². The van der Waals surface area contributed by atoms with Crippen LogP contribution in [0, 0.1) is 0 Å². The van der Waals surface area contributed by atoms with Gasteiger partial charge in [-0.05, 0) is 37.1 Å². The van der Waals surface area contributed by atoms with E-state index in [-0.39, 0.29) is 23.2 Å². The highest BCUT2D eigenvalue weighted by molar-refractivity contribution is 7.91. The largest absolute Gasteiger partial charge is 0.326 e. The third-order valence-electron chi connectivity index (χ3n) is 2.59. The van der Waals surface area contributed by atoms with E-state index in [0.29, 0.717) is 24.9 Å². The molecule has 0 spiro atoms. The first-order valence-corrected chi connectivity index (χ1v) is 7.79. The van der Waals surface area contributed by atoms with Gasteiger partial charge < -0.3 is 5.32 Å². The van der Waals surface area contributed by atoms with Crippen molar-refractivity contribution >= 4 is 21.4 Å². The Kier molecular flexibility index (Phi) is 5.98. The van der Waals surface area contributed by atoms with Gasteiger partial charge in [0, 0.05) is 12.6 Å². The fourth-order valence-electron chi connectivity index (χ4n) is 1.64. The fraction of sp³-hybridized carbons (Fsp3) is 0.462. The van der Waals surface area contributed by atoms with Crippen molar-refractivity contribution in [1.29, 1.82) is 0 Å². The number of nitrogens with one attached hydrogen (secondary N) is 1. The van der Waals surface area contributed by atoms with Gasteiger partial charge in [0.25, 0.3) is 0 Å². The summed E-state index contributed by atoms with van der Waals surface area (Å²) in [5, 5.41) is 12.8. The molecule has 0 bridgehead atoms. The van der Waals surface area contributed by atoms with Crippen LogP contribution in [0.15, 0.2) is 29.2 Å². The number of sulfone groups is 1. The Balaban J connectivity index is 2.65. The van der Waals surface area contributed by atoms with Crippen LogP contribution in [0.5, 0.6) is 0 Å². The van der Waals surface area contributed by atoms with Gasteiger partial charge in [0.1, 0.15) is 0 Å². The van der Waals surface area contributed by atoms with E-state index < -0.39 is 9.84 Å². The molecule has 1 aromatic rings. The third kappa shape index (κ3) is 5.40. The first kappa shape index (κ1) is 15.7. The Morgan fingerprint density at radius 2 is 1.74 bits per heavy atom. The van der Waals surface area contributed by atoms with E-state index in [9.17, 15) is 18.3 Å². The SMILES string of the molecule is CC(=O)Nc1ccc(S(=O)(=O)CCCCC[O])cc1. The lowest BCUT2D eigenvalue weighted by atomic mass is 10.3. The zero-order valence-corrected chi connectivity index (χ0v) is 11.7. The van der Waals surface area contributed by atoms with E-state index in [1.54, 1.807) is 12.1 Å². The molecule has 105 valence electrons. The van der Waals surface area contributed by atoms with Crippen molar-refractivity contribution in [2.24, 2.45) is 0 Å². The summed E-state index contributed by atoms with van der Waals surface area (Å²) < 4.78 is 23.9. The van der Waals surface area contributed by atoms with Crippen molar-refractivity contribution in [2.75, 3.05) is 17.7 Å². The summed E-state index contributed by atoms with van der Waals surface area (Å²) in [5.41, 5.74) is 0.567. The number of anilines is 1. The number of carbonyl (C=O) groups is 1. The molecule has 1 N–H and O–H groups in total. The molecule has 0 saturated heterocycles. The van der Waals surface area contributed by atoms with Crippen LogP contribution in [-0.2, 0) is 19.7 Å². The van der Waals surface area contributed by atoms with Gasteiger partial charge in [0.05, 0.1) is 17.3 Å². The van der Waals surface area contributed by atoms with Crippen LogP contribution < -0.4 is 5.32 Å². The molecule has 0 aliphatic rings. The maximum absolute atomic E-state index is 12.0. The molecule has 1 amide bonds. The number of rotatable bonds is 7. The molecule has 1 radical (unpaired) electrons. The summed E-state index contributed by atoms with van der Waals surface area (Å²) in [6, 6.07) is 6.08. The minimum absolute atomic E-state index is 0.0481. The minimum Gasteiger partial charge on any atom is -0.326 e. The van der Waals surface area contributed by atoms with Crippen LogP contribution in [0.25, 0.3) is 0 Å². The average Bonchev–Trinajstić information content (AvgIpc) is 2.35. The second-order valence-corrected chi connectivity index (χ2v) is 6.40. The molecule has 19 heavy (non-hydrogen) atoms. The maximum atomic E-state index is 12.0. The van der Waals surface area contributed by atoms with Crippen LogP contribution in [0.3, 0.4) is 0 Å². The lowest BCUT2D eigenvalue weighted by molar-refractivity contribution is -0.114. The second-order valence-electron chi connectivity index (χ2n) is 4.29. The molecule has 5 nitrogen and oxygen atoms in total. The topological polar surface area (TPSA) is 83.1 Å². The second kappa shape index (κ2) is 7.25. The van der Waals surface area contributed by atoms with E-state index in [2.05, 4.69) is 5.32 Å². The van der Waals surface area contributed by atoms with Crippen LogP contribution in [-0.4, -0.2) is 26.7 Å². The first-order valence-electron chi connectivity index (χ1n) is 6.14. The minimum atomic E-state index is -3.30. The number of unbranched alkanes of at least 4 members (excludes halogenated alkanes) is 2. The zero-order valence-electron chi connectivity index (χ0n) is 10.9. The Morgan fingerprint density at radius 1 is 1.11 bits per heavy atom. The van der Waals surface area contributed by atoms with Crippen molar-refractivity contribution < 1.29 is 18.3 Å². The number of hydrogen-bond acceptors (Lipinski definition) is 3. The highest BCUT2D eigenvalue weighted by Gasteiger charge is 2.13. The molecule has 0 saturated carbocycles. The van der Waals surface area contributed by atoms with Crippen LogP contribution >= 0.6 is 0 Å². The van der Waals surface area contributed by atoms with E-state index >= 15 is 0 Å².